The van der Waals surface area contributed by atoms with Crippen LogP contribution in [0.3, 0.4) is 0 Å². The SMILES string of the molecule is COc1ccc(NC(=O)C2CSCN2C(=O)c2sc(-c3cccc(Cl)c3)nc2C)cc1. The van der Waals surface area contributed by atoms with Crippen LogP contribution in [0.25, 0.3) is 10.6 Å². The number of thiazole rings is 1. The molecule has 1 aromatic heterocycles. The first-order valence-electron chi connectivity index (χ1n) is 9.53. The maximum atomic E-state index is 13.3. The third-order valence-corrected chi connectivity index (χ3v) is 7.31. The van der Waals surface area contributed by atoms with Crippen molar-refractivity contribution in [2.75, 3.05) is 24.1 Å². The van der Waals surface area contributed by atoms with Crippen LogP contribution in [-0.4, -0.2) is 46.5 Å². The molecule has 0 aliphatic carbocycles. The fourth-order valence-electron chi connectivity index (χ4n) is 3.23. The predicted octanol–water partition coefficient (Wildman–Crippen LogP) is 4.93. The van der Waals surface area contributed by atoms with E-state index in [2.05, 4.69) is 10.3 Å². The summed E-state index contributed by atoms with van der Waals surface area (Å²) < 4.78 is 5.14. The van der Waals surface area contributed by atoms with E-state index in [9.17, 15) is 9.59 Å². The van der Waals surface area contributed by atoms with Gasteiger partial charge in [0.25, 0.3) is 5.91 Å². The Morgan fingerprint density at radius 1 is 1.23 bits per heavy atom. The zero-order valence-corrected chi connectivity index (χ0v) is 19.3. The number of benzene rings is 2. The standard InChI is InChI=1S/C22H20ClN3O3S2/c1-13-19(31-21(24-13)14-4-3-5-15(23)10-14)22(28)26-12-30-11-18(26)20(27)25-16-6-8-17(29-2)9-7-16/h3-10,18H,11-12H2,1-2H3,(H,25,27). The van der Waals surface area contributed by atoms with Gasteiger partial charge in [-0.2, -0.15) is 0 Å². The maximum absolute atomic E-state index is 13.3. The summed E-state index contributed by atoms with van der Waals surface area (Å²) in [6, 6.07) is 13.9. The van der Waals surface area contributed by atoms with Gasteiger partial charge in [0.05, 0.1) is 18.7 Å². The van der Waals surface area contributed by atoms with E-state index in [0.717, 1.165) is 10.6 Å². The predicted molar refractivity (Wildman–Crippen MR) is 126 cm³/mol. The monoisotopic (exact) mass is 473 g/mol. The summed E-state index contributed by atoms with van der Waals surface area (Å²) in [4.78, 5) is 32.9. The van der Waals surface area contributed by atoms with Crippen molar-refractivity contribution in [1.82, 2.24) is 9.88 Å². The van der Waals surface area contributed by atoms with Crippen LogP contribution in [0.4, 0.5) is 5.69 Å². The number of hydrogen-bond acceptors (Lipinski definition) is 6. The Hall–Kier alpha value is -2.55. The summed E-state index contributed by atoms with van der Waals surface area (Å²) in [5.41, 5.74) is 2.17. The van der Waals surface area contributed by atoms with E-state index in [-0.39, 0.29) is 11.8 Å². The number of nitrogens with zero attached hydrogens (tertiary/aromatic N) is 2. The van der Waals surface area contributed by atoms with Gasteiger partial charge in [0, 0.05) is 22.0 Å². The fraction of sp³-hybridized carbons (Fsp3) is 0.227. The highest BCUT2D eigenvalue weighted by atomic mass is 35.5. The third kappa shape index (κ3) is 4.71. The minimum Gasteiger partial charge on any atom is -0.497 e. The zero-order chi connectivity index (χ0) is 22.0. The number of methoxy groups -OCH3 is 1. The molecule has 0 radical (unpaired) electrons. The van der Waals surface area contributed by atoms with Crippen LogP contribution in [0.2, 0.25) is 5.02 Å². The Morgan fingerprint density at radius 2 is 2.00 bits per heavy atom. The molecule has 1 atom stereocenters. The summed E-state index contributed by atoms with van der Waals surface area (Å²) in [5, 5.41) is 4.24. The van der Waals surface area contributed by atoms with Gasteiger partial charge in [-0.15, -0.1) is 23.1 Å². The average molecular weight is 474 g/mol. The van der Waals surface area contributed by atoms with Crippen molar-refractivity contribution in [2.24, 2.45) is 0 Å². The van der Waals surface area contributed by atoms with Gasteiger partial charge in [0.2, 0.25) is 5.91 Å². The largest absolute Gasteiger partial charge is 0.497 e. The molecule has 1 saturated heterocycles. The molecule has 1 N–H and O–H groups in total. The van der Waals surface area contributed by atoms with Crippen molar-refractivity contribution in [3.8, 4) is 16.3 Å². The number of carbonyl (C=O) groups excluding carboxylic acids is 2. The first kappa shape index (κ1) is 21.7. The summed E-state index contributed by atoms with van der Waals surface area (Å²) in [6.07, 6.45) is 0. The van der Waals surface area contributed by atoms with Crippen LogP contribution in [0.5, 0.6) is 5.75 Å². The molecule has 1 fully saturated rings. The highest BCUT2D eigenvalue weighted by Gasteiger charge is 2.36. The number of thioether (sulfide) groups is 1. The van der Waals surface area contributed by atoms with Gasteiger partial charge in [-0.3, -0.25) is 9.59 Å². The van der Waals surface area contributed by atoms with Crippen molar-refractivity contribution >= 4 is 52.2 Å². The summed E-state index contributed by atoms with van der Waals surface area (Å²) >= 11 is 8.97. The van der Waals surface area contributed by atoms with E-state index in [1.807, 2.05) is 25.1 Å². The number of nitrogens with one attached hydrogen (secondary N) is 1. The molecule has 2 amide bonds. The van der Waals surface area contributed by atoms with Gasteiger partial charge in [-0.05, 0) is 43.3 Å². The molecule has 6 nitrogen and oxygen atoms in total. The lowest BCUT2D eigenvalue weighted by Crippen LogP contribution is -2.44. The summed E-state index contributed by atoms with van der Waals surface area (Å²) in [7, 11) is 1.59. The molecular weight excluding hydrogens is 454 g/mol. The second-order valence-corrected chi connectivity index (χ2v) is 9.39. The molecule has 2 heterocycles. The molecule has 1 unspecified atom stereocenters. The van der Waals surface area contributed by atoms with Crippen LogP contribution >= 0.6 is 34.7 Å². The molecule has 2 aromatic carbocycles. The Balaban J connectivity index is 1.51. The summed E-state index contributed by atoms with van der Waals surface area (Å²) in [5.74, 6) is 1.34. The molecular formula is C22H20ClN3O3S2. The number of hydrogen-bond donors (Lipinski definition) is 1. The Kier molecular flexibility index (Phi) is 6.50. The normalized spacial score (nSPS) is 15.7. The van der Waals surface area contributed by atoms with Gasteiger partial charge < -0.3 is 15.0 Å². The number of amides is 2. The lowest BCUT2D eigenvalue weighted by atomic mass is 10.2. The van der Waals surface area contributed by atoms with Gasteiger partial charge in [0.15, 0.2) is 0 Å². The molecule has 31 heavy (non-hydrogen) atoms. The number of ether oxygens (including phenoxy) is 1. The van der Waals surface area contributed by atoms with Crippen molar-refractivity contribution in [1.29, 1.82) is 0 Å². The highest BCUT2D eigenvalue weighted by molar-refractivity contribution is 7.99. The molecule has 0 bridgehead atoms. The van der Waals surface area contributed by atoms with E-state index >= 15 is 0 Å². The van der Waals surface area contributed by atoms with Crippen LogP contribution in [-0.2, 0) is 4.79 Å². The zero-order valence-electron chi connectivity index (χ0n) is 16.9. The highest BCUT2D eigenvalue weighted by Crippen LogP contribution is 2.32. The minimum atomic E-state index is -0.546. The van der Waals surface area contributed by atoms with Crippen LogP contribution in [0.1, 0.15) is 15.4 Å². The molecule has 4 rings (SSSR count). The first-order chi connectivity index (χ1) is 15.0. The molecule has 0 spiro atoms. The fourth-order valence-corrected chi connectivity index (χ4v) is 5.59. The van der Waals surface area contributed by atoms with Crippen molar-refractivity contribution in [3.05, 3.63) is 64.1 Å². The quantitative estimate of drug-likeness (QED) is 0.568. The van der Waals surface area contributed by atoms with Gasteiger partial charge in [0.1, 0.15) is 21.7 Å². The molecule has 3 aromatic rings. The number of rotatable bonds is 5. The van der Waals surface area contributed by atoms with Gasteiger partial charge in [-0.1, -0.05) is 23.7 Å². The molecule has 160 valence electrons. The molecule has 0 saturated carbocycles. The summed E-state index contributed by atoms with van der Waals surface area (Å²) in [6.45, 7) is 1.81. The van der Waals surface area contributed by atoms with E-state index in [1.165, 1.54) is 11.3 Å². The molecule has 1 aliphatic rings. The number of aromatic nitrogens is 1. The number of halogens is 1. The van der Waals surface area contributed by atoms with Gasteiger partial charge >= 0.3 is 0 Å². The third-order valence-electron chi connectivity index (χ3n) is 4.87. The first-order valence-corrected chi connectivity index (χ1v) is 11.9. The maximum Gasteiger partial charge on any atom is 0.267 e. The molecule has 1 aliphatic heterocycles. The Labute approximate surface area is 193 Å². The van der Waals surface area contributed by atoms with Crippen molar-refractivity contribution in [3.63, 3.8) is 0 Å². The van der Waals surface area contributed by atoms with Crippen molar-refractivity contribution in [2.45, 2.75) is 13.0 Å². The molecule has 9 heteroatoms. The van der Waals surface area contributed by atoms with E-state index in [4.69, 9.17) is 16.3 Å². The average Bonchev–Trinajstić information content (AvgIpc) is 3.41. The minimum absolute atomic E-state index is 0.178. The Bertz CT molecular complexity index is 1120. The number of aryl methyl sites for hydroxylation is 1. The topological polar surface area (TPSA) is 71.5 Å². The Morgan fingerprint density at radius 3 is 2.71 bits per heavy atom. The van der Waals surface area contributed by atoms with E-state index in [0.29, 0.717) is 38.7 Å². The second kappa shape index (κ2) is 9.30. The van der Waals surface area contributed by atoms with Crippen molar-refractivity contribution < 1.29 is 14.3 Å². The lowest BCUT2D eigenvalue weighted by molar-refractivity contribution is -0.119. The van der Waals surface area contributed by atoms with Crippen LogP contribution in [0.15, 0.2) is 48.5 Å². The van der Waals surface area contributed by atoms with Crippen LogP contribution < -0.4 is 10.1 Å². The lowest BCUT2D eigenvalue weighted by Gasteiger charge is -2.22. The number of carbonyl (C=O) groups is 2. The van der Waals surface area contributed by atoms with E-state index < -0.39 is 6.04 Å². The smallest absolute Gasteiger partial charge is 0.267 e. The van der Waals surface area contributed by atoms with Crippen LogP contribution in [0, 0.1) is 6.92 Å². The second-order valence-electron chi connectivity index (χ2n) is 6.95. The van der Waals surface area contributed by atoms with E-state index in [1.54, 1.807) is 54.1 Å². The number of anilines is 1. The van der Waals surface area contributed by atoms with Gasteiger partial charge in [-0.25, -0.2) is 4.98 Å².